The summed E-state index contributed by atoms with van der Waals surface area (Å²) in [6.07, 6.45) is -4.47. The molecule has 0 saturated carbocycles. The molecule has 1 aliphatic heterocycles. The second-order valence-corrected chi connectivity index (χ2v) is 9.27. The summed E-state index contributed by atoms with van der Waals surface area (Å²) < 4.78 is 64.8. The number of Topliss-reactive ketones (excluding diaryl/α,β-unsaturated/α-hetero) is 2. The standard InChI is InChI=1S/C23H16F3NO4S/c1-27-20(22(29)18-7-2-3-8-19(18)32(27,30)31)21(28)16-6-4-5-15(13-16)14-9-11-17(12-10-14)23(24,25)26/h2-13,20H,1H3. The third-order valence-electron chi connectivity index (χ3n) is 5.36. The summed E-state index contributed by atoms with van der Waals surface area (Å²) in [6, 6.07) is 14.5. The number of alkyl halides is 3. The molecule has 4 rings (SSSR count). The van der Waals surface area contributed by atoms with Crippen LogP contribution >= 0.6 is 0 Å². The molecule has 0 spiro atoms. The molecule has 1 unspecified atom stereocenters. The van der Waals surface area contributed by atoms with Gasteiger partial charge in [-0.2, -0.15) is 17.5 Å². The Kier molecular flexibility index (Phi) is 5.26. The first-order chi connectivity index (χ1) is 15.0. The quantitative estimate of drug-likeness (QED) is 0.429. The van der Waals surface area contributed by atoms with Crippen molar-refractivity contribution in [2.45, 2.75) is 17.1 Å². The minimum Gasteiger partial charge on any atom is -0.292 e. The van der Waals surface area contributed by atoms with Crippen LogP contribution in [0, 0.1) is 0 Å². The summed E-state index contributed by atoms with van der Waals surface area (Å²) in [5, 5.41) is 0. The van der Waals surface area contributed by atoms with Crippen molar-refractivity contribution in [3.05, 3.63) is 89.5 Å². The van der Waals surface area contributed by atoms with Crippen molar-refractivity contribution in [1.82, 2.24) is 4.31 Å². The Morgan fingerprint density at radius 3 is 2.22 bits per heavy atom. The number of halogens is 3. The molecule has 1 atom stereocenters. The maximum Gasteiger partial charge on any atom is 0.416 e. The van der Waals surface area contributed by atoms with Gasteiger partial charge >= 0.3 is 6.18 Å². The summed E-state index contributed by atoms with van der Waals surface area (Å²) in [5.41, 5.74) is 0.115. The highest BCUT2D eigenvalue weighted by molar-refractivity contribution is 7.89. The molecule has 0 aromatic heterocycles. The summed E-state index contributed by atoms with van der Waals surface area (Å²) in [6.45, 7) is 0. The van der Waals surface area contributed by atoms with E-state index in [-0.39, 0.29) is 16.0 Å². The van der Waals surface area contributed by atoms with Crippen LogP contribution in [0.25, 0.3) is 11.1 Å². The molecule has 1 heterocycles. The van der Waals surface area contributed by atoms with Crippen LogP contribution in [0.4, 0.5) is 13.2 Å². The molecule has 0 aliphatic carbocycles. The van der Waals surface area contributed by atoms with E-state index in [1.54, 1.807) is 6.07 Å². The number of benzene rings is 3. The van der Waals surface area contributed by atoms with Crippen molar-refractivity contribution >= 4 is 21.6 Å². The molecule has 0 amide bonds. The average Bonchev–Trinajstić information content (AvgIpc) is 2.78. The van der Waals surface area contributed by atoms with E-state index in [1.165, 1.54) is 61.6 Å². The number of hydrogen-bond acceptors (Lipinski definition) is 4. The van der Waals surface area contributed by atoms with Gasteiger partial charge in [0, 0.05) is 18.2 Å². The van der Waals surface area contributed by atoms with Crippen LogP contribution in [0.1, 0.15) is 26.3 Å². The predicted molar refractivity (Wildman–Crippen MR) is 111 cm³/mol. The molecule has 1 aliphatic rings. The topological polar surface area (TPSA) is 71.5 Å². The Bertz CT molecular complexity index is 1330. The van der Waals surface area contributed by atoms with Crippen LogP contribution in [0.5, 0.6) is 0 Å². The van der Waals surface area contributed by atoms with E-state index in [0.717, 1.165) is 16.4 Å². The van der Waals surface area contributed by atoms with Gasteiger partial charge in [-0.15, -0.1) is 0 Å². The van der Waals surface area contributed by atoms with E-state index in [1.807, 2.05) is 0 Å². The van der Waals surface area contributed by atoms with E-state index in [4.69, 9.17) is 0 Å². The molecular formula is C23H16F3NO4S. The van der Waals surface area contributed by atoms with E-state index < -0.39 is 39.4 Å². The Hall–Kier alpha value is -3.30. The second kappa shape index (κ2) is 7.68. The number of sulfonamides is 1. The highest BCUT2D eigenvalue weighted by Gasteiger charge is 2.45. The van der Waals surface area contributed by atoms with Crippen molar-refractivity contribution < 1.29 is 31.2 Å². The number of nitrogens with zero attached hydrogens (tertiary/aromatic N) is 1. The van der Waals surface area contributed by atoms with Gasteiger partial charge in [0.1, 0.15) is 0 Å². The number of rotatable bonds is 3. The fraction of sp³-hybridized carbons (Fsp3) is 0.130. The lowest BCUT2D eigenvalue weighted by Gasteiger charge is -2.31. The predicted octanol–water partition coefficient (Wildman–Crippen LogP) is 4.44. The maximum absolute atomic E-state index is 13.2. The molecule has 0 saturated heterocycles. The monoisotopic (exact) mass is 459 g/mol. The van der Waals surface area contributed by atoms with Gasteiger partial charge in [0.25, 0.3) is 0 Å². The first-order valence-electron chi connectivity index (χ1n) is 9.45. The van der Waals surface area contributed by atoms with Crippen LogP contribution in [-0.4, -0.2) is 37.4 Å². The van der Waals surface area contributed by atoms with Crippen molar-refractivity contribution in [2.24, 2.45) is 0 Å². The van der Waals surface area contributed by atoms with E-state index in [0.29, 0.717) is 11.1 Å². The fourth-order valence-electron chi connectivity index (χ4n) is 3.65. The average molecular weight is 459 g/mol. The molecule has 0 fully saturated rings. The number of likely N-dealkylation sites (N-methyl/N-ethyl adjacent to an activating group) is 1. The number of carbonyl (C=O) groups excluding carboxylic acids is 2. The first-order valence-corrected chi connectivity index (χ1v) is 10.9. The van der Waals surface area contributed by atoms with Gasteiger partial charge in [-0.05, 0) is 41.5 Å². The van der Waals surface area contributed by atoms with Gasteiger partial charge in [-0.25, -0.2) is 8.42 Å². The summed E-state index contributed by atoms with van der Waals surface area (Å²) >= 11 is 0. The highest BCUT2D eigenvalue weighted by atomic mass is 32.2. The van der Waals surface area contributed by atoms with Crippen molar-refractivity contribution in [2.75, 3.05) is 7.05 Å². The third kappa shape index (κ3) is 3.63. The second-order valence-electron chi connectivity index (χ2n) is 7.30. The molecule has 9 heteroatoms. The molecule has 164 valence electrons. The summed E-state index contributed by atoms with van der Waals surface area (Å²) in [5.74, 6) is -1.35. The van der Waals surface area contributed by atoms with Gasteiger partial charge in [-0.3, -0.25) is 9.59 Å². The lowest BCUT2D eigenvalue weighted by atomic mass is 9.94. The lowest BCUT2D eigenvalue weighted by Crippen LogP contribution is -2.51. The lowest BCUT2D eigenvalue weighted by molar-refractivity contribution is -0.137. The van der Waals surface area contributed by atoms with E-state index in [2.05, 4.69) is 0 Å². The van der Waals surface area contributed by atoms with Crippen LogP contribution in [0.2, 0.25) is 0 Å². The van der Waals surface area contributed by atoms with Gasteiger partial charge in [0.15, 0.2) is 17.6 Å². The maximum atomic E-state index is 13.2. The molecule has 3 aromatic carbocycles. The van der Waals surface area contributed by atoms with E-state index >= 15 is 0 Å². The molecule has 32 heavy (non-hydrogen) atoms. The van der Waals surface area contributed by atoms with Crippen LogP contribution in [-0.2, 0) is 16.2 Å². The van der Waals surface area contributed by atoms with Gasteiger partial charge < -0.3 is 0 Å². The number of carbonyl (C=O) groups is 2. The number of hydrogen-bond donors (Lipinski definition) is 0. The Morgan fingerprint density at radius 2 is 1.56 bits per heavy atom. The molecule has 5 nitrogen and oxygen atoms in total. The largest absolute Gasteiger partial charge is 0.416 e. The molecular weight excluding hydrogens is 443 g/mol. The van der Waals surface area contributed by atoms with Gasteiger partial charge in [0.05, 0.1) is 10.5 Å². The summed E-state index contributed by atoms with van der Waals surface area (Å²) in [7, 11) is -2.88. The zero-order chi connectivity index (χ0) is 23.3. The molecule has 3 aromatic rings. The minimum atomic E-state index is -4.47. The van der Waals surface area contributed by atoms with Gasteiger partial charge in [-0.1, -0.05) is 42.5 Å². The van der Waals surface area contributed by atoms with Gasteiger partial charge in [0.2, 0.25) is 10.0 Å². The smallest absolute Gasteiger partial charge is 0.292 e. The van der Waals surface area contributed by atoms with Crippen LogP contribution in [0.15, 0.2) is 77.7 Å². The fourth-order valence-corrected chi connectivity index (χ4v) is 5.12. The van der Waals surface area contributed by atoms with Crippen molar-refractivity contribution in [3.63, 3.8) is 0 Å². The minimum absolute atomic E-state index is 0.0529. The van der Waals surface area contributed by atoms with Crippen molar-refractivity contribution in [1.29, 1.82) is 0 Å². The summed E-state index contributed by atoms with van der Waals surface area (Å²) in [4.78, 5) is 26.0. The highest BCUT2D eigenvalue weighted by Crippen LogP contribution is 2.33. The Morgan fingerprint density at radius 1 is 0.906 bits per heavy atom. The zero-order valence-electron chi connectivity index (χ0n) is 16.6. The SMILES string of the molecule is CN1C(C(=O)c2cccc(-c3ccc(C(F)(F)F)cc3)c2)C(=O)c2ccccc2S1(=O)=O. The normalized spacial score (nSPS) is 18.2. The van der Waals surface area contributed by atoms with E-state index in [9.17, 15) is 31.2 Å². The zero-order valence-corrected chi connectivity index (χ0v) is 17.4. The molecule has 0 bridgehead atoms. The first kappa shape index (κ1) is 21.9. The molecule has 0 radical (unpaired) electrons. The Labute approximate surface area is 182 Å². The Balaban J connectivity index is 1.71. The molecule has 0 N–H and O–H groups in total. The van der Waals surface area contributed by atoms with Crippen LogP contribution < -0.4 is 0 Å². The number of fused-ring (bicyclic) bond motifs is 1. The van der Waals surface area contributed by atoms with Crippen molar-refractivity contribution in [3.8, 4) is 11.1 Å². The third-order valence-corrected chi connectivity index (χ3v) is 7.24. The van der Waals surface area contributed by atoms with Crippen LogP contribution in [0.3, 0.4) is 0 Å². The number of ketones is 2.